The Bertz CT molecular complexity index is 895. The van der Waals surface area contributed by atoms with Gasteiger partial charge in [-0.3, -0.25) is 5.41 Å². The molecule has 4 nitrogen and oxygen atoms in total. The first kappa shape index (κ1) is 14.6. The fourth-order valence-electron chi connectivity index (χ4n) is 3.24. The molecular weight excluding hydrogens is 304 g/mol. The number of hydrogen-bond acceptors (Lipinski definition) is 4. The summed E-state index contributed by atoms with van der Waals surface area (Å²) in [7, 11) is 2.16. The van der Waals surface area contributed by atoms with Gasteiger partial charge in [0.2, 0.25) is 0 Å². The molecule has 0 saturated heterocycles. The standard InChI is InChI=1S/C18H20N4S/c1-21-9-8-14-15(11-21)23-18-16(14)17(19)22(12-20-18)10-7-13-5-3-2-4-6-13/h2-6,12,19H,7-11H2,1H3. The molecule has 5 heteroatoms. The van der Waals surface area contributed by atoms with E-state index in [1.807, 2.05) is 17.0 Å². The van der Waals surface area contributed by atoms with Crippen LogP contribution in [0.1, 0.15) is 16.0 Å². The van der Waals surface area contributed by atoms with Crippen LogP contribution in [0.25, 0.3) is 10.2 Å². The maximum absolute atomic E-state index is 8.63. The van der Waals surface area contributed by atoms with Crippen molar-refractivity contribution in [3.05, 3.63) is 58.2 Å². The second-order valence-electron chi connectivity index (χ2n) is 6.19. The molecule has 3 heterocycles. The van der Waals surface area contributed by atoms with Crippen molar-refractivity contribution in [1.82, 2.24) is 14.5 Å². The van der Waals surface area contributed by atoms with Crippen LogP contribution >= 0.6 is 11.3 Å². The summed E-state index contributed by atoms with van der Waals surface area (Å²) >= 11 is 1.75. The number of nitrogens with zero attached hydrogens (tertiary/aromatic N) is 3. The largest absolute Gasteiger partial charge is 0.317 e. The van der Waals surface area contributed by atoms with E-state index in [4.69, 9.17) is 5.41 Å². The molecule has 0 fully saturated rings. The molecule has 1 aliphatic heterocycles. The molecule has 1 N–H and O–H groups in total. The molecule has 23 heavy (non-hydrogen) atoms. The van der Waals surface area contributed by atoms with Crippen LogP contribution in [0.15, 0.2) is 36.7 Å². The summed E-state index contributed by atoms with van der Waals surface area (Å²) in [4.78, 5) is 9.37. The number of rotatable bonds is 3. The zero-order chi connectivity index (χ0) is 15.8. The van der Waals surface area contributed by atoms with E-state index in [9.17, 15) is 0 Å². The van der Waals surface area contributed by atoms with Gasteiger partial charge in [0.05, 0.1) is 11.7 Å². The highest BCUT2D eigenvalue weighted by Gasteiger charge is 2.20. The van der Waals surface area contributed by atoms with Gasteiger partial charge < -0.3 is 9.47 Å². The van der Waals surface area contributed by atoms with Crippen molar-refractivity contribution in [2.24, 2.45) is 0 Å². The van der Waals surface area contributed by atoms with E-state index >= 15 is 0 Å². The number of likely N-dealkylation sites (N-methyl/N-ethyl adjacent to an activating group) is 1. The number of nitrogens with one attached hydrogen (secondary N) is 1. The van der Waals surface area contributed by atoms with E-state index in [-0.39, 0.29) is 0 Å². The first-order valence-electron chi connectivity index (χ1n) is 7.99. The molecular formula is C18H20N4S. The SMILES string of the molecule is CN1CCc2c(sc3ncn(CCc4ccccc4)c(=N)c23)C1. The fraction of sp³-hybridized carbons (Fsp3) is 0.333. The molecule has 118 valence electrons. The molecule has 1 aliphatic rings. The Morgan fingerprint density at radius 3 is 2.91 bits per heavy atom. The van der Waals surface area contributed by atoms with Crippen LogP contribution in [0, 0.1) is 5.41 Å². The molecule has 0 bridgehead atoms. The lowest BCUT2D eigenvalue weighted by molar-refractivity contribution is 0.318. The van der Waals surface area contributed by atoms with Crippen LogP contribution in [0.3, 0.4) is 0 Å². The molecule has 0 saturated carbocycles. The molecule has 0 spiro atoms. The average Bonchev–Trinajstić information content (AvgIpc) is 2.93. The minimum atomic E-state index is 0.619. The third kappa shape index (κ3) is 2.71. The Labute approximate surface area is 139 Å². The number of fused-ring (bicyclic) bond motifs is 3. The second kappa shape index (κ2) is 5.91. The fourth-order valence-corrected chi connectivity index (χ4v) is 4.51. The number of thiophene rings is 1. The smallest absolute Gasteiger partial charge is 0.136 e. The van der Waals surface area contributed by atoms with Gasteiger partial charge >= 0.3 is 0 Å². The van der Waals surface area contributed by atoms with E-state index in [0.717, 1.165) is 42.7 Å². The topological polar surface area (TPSA) is 44.9 Å². The summed E-state index contributed by atoms with van der Waals surface area (Å²) in [5, 5.41) is 9.71. The first-order valence-corrected chi connectivity index (χ1v) is 8.81. The molecule has 0 atom stereocenters. The Morgan fingerprint density at radius 2 is 2.09 bits per heavy atom. The zero-order valence-corrected chi connectivity index (χ0v) is 14.1. The lowest BCUT2D eigenvalue weighted by Gasteiger charge is -2.22. The van der Waals surface area contributed by atoms with Gasteiger partial charge in [-0.25, -0.2) is 4.98 Å². The molecule has 4 rings (SSSR count). The van der Waals surface area contributed by atoms with Gasteiger partial charge in [-0.15, -0.1) is 11.3 Å². The van der Waals surface area contributed by atoms with E-state index in [0.29, 0.717) is 5.49 Å². The average molecular weight is 324 g/mol. The Kier molecular flexibility index (Phi) is 3.75. The molecule has 1 aromatic carbocycles. The van der Waals surface area contributed by atoms with Gasteiger partial charge in [-0.05, 0) is 31.0 Å². The van der Waals surface area contributed by atoms with Crippen LogP contribution < -0.4 is 5.49 Å². The predicted molar refractivity (Wildman–Crippen MR) is 93.6 cm³/mol. The molecule has 0 aliphatic carbocycles. The Balaban J connectivity index is 1.69. The van der Waals surface area contributed by atoms with Gasteiger partial charge in [0.25, 0.3) is 0 Å². The maximum atomic E-state index is 8.63. The van der Waals surface area contributed by atoms with Gasteiger partial charge in [0.1, 0.15) is 10.3 Å². The minimum Gasteiger partial charge on any atom is -0.317 e. The van der Waals surface area contributed by atoms with Crippen molar-refractivity contribution in [3.63, 3.8) is 0 Å². The van der Waals surface area contributed by atoms with Gasteiger partial charge in [0.15, 0.2) is 0 Å². The first-order chi connectivity index (χ1) is 11.2. The van der Waals surface area contributed by atoms with Gasteiger partial charge in [0, 0.05) is 24.5 Å². The van der Waals surface area contributed by atoms with Crippen molar-refractivity contribution < 1.29 is 0 Å². The van der Waals surface area contributed by atoms with Crippen LogP contribution in [-0.4, -0.2) is 28.0 Å². The number of aryl methyl sites for hydroxylation is 2. The van der Waals surface area contributed by atoms with Crippen LogP contribution in [0.5, 0.6) is 0 Å². The van der Waals surface area contributed by atoms with E-state index in [1.54, 1.807) is 11.3 Å². The second-order valence-corrected chi connectivity index (χ2v) is 7.28. The summed E-state index contributed by atoms with van der Waals surface area (Å²) in [6, 6.07) is 10.4. The lowest BCUT2D eigenvalue weighted by atomic mass is 10.1. The molecule has 0 amide bonds. The molecule has 3 aromatic rings. The highest BCUT2D eigenvalue weighted by atomic mass is 32.1. The highest BCUT2D eigenvalue weighted by molar-refractivity contribution is 7.18. The molecule has 0 unspecified atom stereocenters. The summed E-state index contributed by atoms with van der Waals surface area (Å²) in [6.07, 6.45) is 3.79. The van der Waals surface area contributed by atoms with Gasteiger partial charge in [-0.2, -0.15) is 0 Å². The van der Waals surface area contributed by atoms with E-state index < -0.39 is 0 Å². The van der Waals surface area contributed by atoms with Crippen molar-refractivity contribution in [3.8, 4) is 0 Å². The van der Waals surface area contributed by atoms with Gasteiger partial charge in [-0.1, -0.05) is 30.3 Å². The quantitative estimate of drug-likeness (QED) is 0.805. The summed E-state index contributed by atoms with van der Waals surface area (Å²) in [5.41, 5.74) is 3.27. The van der Waals surface area contributed by atoms with Crippen LogP contribution in [-0.2, 0) is 25.9 Å². The third-order valence-corrected chi connectivity index (χ3v) is 5.68. The summed E-state index contributed by atoms with van der Waals surface area (Å²) in [6.45, 7) is 2.85. The van der Waals surface area contributed by atoms with Crippen molar-refractivity contribution >= 4 is 21.6 Å². The molecule has 0 radical (unpaired) electrons. The van der Waals surface area contributed by atoms with Crippen molar-refractivity contribution in [1.29, 1.82) is 5.41 Å². The third-order valence-electron chi connectivity index (χ3n) is 4.55. The highest BCUT2D eigenvalue weighted by Crippen LogP contribution is 2.31. The number of aromatic nitrogens is 2. The van der Waals surface area contributed by atoms with E-state index in [2.05, 4.69) is 41.2 Å². The summed E-state index contributed by atoms with van der Waals surface area (Å²) < 4.78 is 1.99. The summed E-state index contributed by atoms with van der Waals surface area (Å²) in [5.74, 6) is 0. The molecule has 2 aromatic heterocycles. The number of benzene rings is 1. The predicted octanol–water partition coefficient (Wildman–Crippen LogP) is 2.81. The normalized spacial score (nSPS) is 15.0. The maximum Gasteiger partial charge on any atom is 0.136 e. The number of hydrogen-bond donors (Lipinski definition) is 1. The van der Waals surface area contributed by atoms with E-state index in [1.165, 1.54) is 16.0 Å². The lowest BCUT2D eigenvalue weighted by Crippen LogP contribution is -2.27. The Hall–Kier alpha value is -1.98. The Morgan fingerprint density at radius 1 is 1.26 bits per heavy atom. The zero-order valence-electron chi connectivity index (χ0n) is 13.2. The monoisotopic (exact) mass is 324 g/mol. The van der Waals surface area contributed by atoms with Crippen molar-refractivity contribution in [2.75, 3.05) is 13.6 Å². The minimum absolute atomic E-state index is 0.619. The van der Waals surface area contributed by atoms with Crippen LogP contribution in [0.4, 0.5) is 0 Å². The van der Waals surface area contributed by atoms with Crippen molar-refractivity contribution in [2.45, 2.75) is 25.9 Å². The van der Waals surface area contributed by atoms with Crippen LogP contribution in [0.2, 0.25) is 0 Å².